The summed E-state index contributed by atoms with van der Waals surface area (Å²) < 4.78 is 6.58. The van der Waals surface area contributed by atoms with Gasteiger partial charge in [0, 0.05) is 13.6 Å². The highest BCUT2D eigenvalue weighted by atomic mass is 16.5. The molecule has 2 rings (SSSR count). The normalized spacial score (nSPS) is 10.2. The number of hydrogen-bond donors (Lipinski definition) is 2. The molecule has 0 spiro atoms. The van der Waals surface area contributed by atoms with Gasteiger partial charge in [0.05, 0.1) is 13.3 Å². The Morgan fingerprint density at radius 1 is 1.53 bits per heavy atom. The summed E-state index contributed by atoms with van der Waals surface area (Å²) >= 11 is 0. The quantitative estimate of drug-likeness (QED) is 0.857. The minimum atomic E-state index is -0.242. The van der Waals surface area contributed by atoms with Crippen LogP contribution in [-0.4, -0.2) is 22.8 Å². The van der Waals surface area contributed by atoms with Crippen LogP contribution in [0.5, 0.6) is 5.75 Å². The summed E-state index contributed by atoms with van der Waals surface area (Å²) in [6, 6.07) is 7.51. The number of carbonyl (C=O) groups excluding carboxylic acids is 1. The van der Waals surface area contributed by atoms with Crippen molar-refractivity contribution in [2.24, 2.45) is 7.05 Å². The molecule has 0 aliphatic heterocycles. The van der Waals surface area contributed by atoms with Crippen molar-refractivity contribution in [3.63, 3.8) is 0 Å². The topological polar surface area (TPSA) is 82.2 Å². The van der Waals surface area contributed by atoms with Crippen molar-refractivity contribution >= 4 is 11.7 Å². The van der Waals surface area contributed by atoms with Gasteiger partial charge in [-0.1, -0.05) is 12.1 Å². The van der Waals surface area contributed by atoms with Crippen LogP contribution in [-0.2, 0) is 13.6 Å². The SMILES string of the molecule is COc1cccc(CNC(=O)c2cnn(C)c2N)c1. The average molecular weight is 260 g/mol. The Balaban J connectivity index is 2.02. The van der Waals surface area contributed by atoms with Crippen molar-refractivity contribution in [2.45, 2.75) is 6.54 Å². The second kappa shape index (κ2) is 5.43. The highest BCUT2D eigenvalue weighted by molar-refractivity contribution is 5.98. The molecule has 0 fully saturated rings. The largest absolute Gasteiger partial charge is 0.497 e. The van der Waals surface area contributed by atoms with Crippen LogP contribution in [0.15, 0.2) is 30.5 Å². The summed E-state index contributed by atoms with van der Waals surface area (Å²) in [7, 11) is 3.29. The predicted octanol–water partition coefficient (Wildman–Crippen LogP) is 0.941. The molecule has 0 aliphatic carbocycles. The van der Waals surface area contributed by atoms with E-state index in [4.69, 9.17) is 10.5 Å². The zero-order chi connectivity index (χ0) is 13.8. The summed E-state index contributed by atoms with van der Waals surface area (Å²) in [6.07, 6.45) is 1.45. The smallest absolute Gasteiger partial charge is 0.256 e. The van der Waals surface area contributed by atoms with Crippen LogP contribution in [0.25, 0.3) is 0 Å². The van der Waals surface area contributed by atoms with Crippen LogP contribution >= 0.6 is 0 Å². The van der Waals surface area contributed by atoms with Gasteiger partial charge in [-0.3, -0.25) is 9.48 Å². The molecule has 0 saturated heterocycles. The molecule has 1 aromatic carbocycles. The van der Waals surface area contributed by atoms with Crippen molar-refractivity contribution in [3.8, 4) is 5.75 Å². The highest BCUT2D eigenvalue weighted by Crippen LogP contribution is 2.13. The van der Waals surface area contributed by atoms with Gasteiger partial charge in [0.2, 0.25) is 0 Å². The van der Waals surface area contributed by atoms with Gasteiger partial charge in [0.25, 0.3) is 5.91 Å². The Kier molecular flexibility index (Phi) is 3.70. The van der Waals surface area contributed by atoms with E-state index in [9.17, 15) is 4.79 Å². The second-order valence-electron chi connectivity index (χ2n) is 4.10. The van der Waals surface area contributed by atoms with Crippen molar-refractivity contribution in [3.05, 3.63) is 41.6 Å². The van der Waals surface area contributed by atoms with Crippen LogP contribution in [0.1, 0.15) is 15.9 Å². The Morgan fingerprint density at radius 3 is 2.95 bits per heavy atom. The van der Waals surface area contributed by atoms with Crippen molar-refractivity contribution in [1.82, 2.24) is 15.1 Å². The molecule has 6 nitrogen and oxygen atoms in total. The Labute approximate surface area is 111 Å². The van der Waals surface area contributed by atoms with Gasteiger partial charge in [-0.25, -0.2) is 0 Å². The standard InChI is InChI=1S/C13H16N4O2/c1-17-12(14)11(8-16-17)13(18)15-7-9-4-3-5-10(6-9)19-2/h3-6,8H,7,14H2,1-2H3,(H,15,18). The number of nitrogens with one attached hydrogen (secondary N) is 1. The number of nitrogens with zero attached hydrogens (tertiary/aromatic N) is 2. The molecule has 0 atom stereocenters. The van der Waals surface area contributed by atoms with Gasteiger partial charge in [-0.05, 0) is 17.7 Å². The highest BCUT2D eigenvalue weighted by Gasteiger charge is 2.13. The minimum absolute atomic E-state index is 0.242. The van der Waals surface area contributed by atoms with Crippen LogP contribution in [0.4, 0.5) is 5.82 Å². The summed E-state index contributed by atoms with van der Waals surface area (Å²) in [4.78, 5) is 11.9. The Morgan fingerprint density at radius 2 is 2.32 bits per heavy atom. The summed E-state index contributed by atoms with van der Waals surface area (Å²) in [5, 5.41) is 6.72. The minimum Gasteiger partial charge on any atom is -0.497 e. The molecule has 0 bridgehead atoms. The fourth-order valence-corrected chi connectivity index (χ4v) is 1.68. The third kappa shape index (κ3) is 2.85. The van der Waals surface area contributed by atoms with Gasteiger partial charge < -0.3 is 15.8 Å². The van der Waals surface area contributed by atoms with E-state index in [0.717, 1.165) is 11.3 Å². The van der Waals surface area contributed by atoms with E-state index in [1.807, 2.05) is 24.3 Å². The number of nitrogen functional groups attached to an aromatic ring is 1. The number of anilines is 1. The second-order valence-corrected chi connectivity index (χ2v) is 4.10. The number of aromatic nitrogens is 2. The molecule has 6 heteroatoms. The molecule has 1 amide bonds. The van der Waals surface area contributed by atoms with E-state index < -0.39 is 0 Å². The number of amides is 1. The van der Waals surface area contributed by atoms with E-state index in [2.05, 4.69) is 10.4 Å². The molecule has 19 heavy (non-hydrogen) atoms. The molecule has 100 valence electrons. The third-order valence-electron chi connectivity index (χ3n) is 2.82. The molecular weight excluding hydrogens is 244 g/mol. The zero-order valence-corrected chi connectivity index (χ0v) is 10.9. The van der Waals surface area contributed by atoms with Crippen LogP contribution in [0.2, 0.25) is 0 Å². The number of aryl methyl sites for hydroxylation is 1. The molecule has 1 heterocycles. The lowest BCUT2D eigenvalue weighted by atomic mass is 10.2. The van der Waals surface area contributed by atoms with Crippen LogP contribution in [0, 0.1) is 0 Å². The summed E-state index contributed by atoms with van der Waals surface area (Å²) in [5.41, 5.74) is 7.07. The number of carbonyl (C=O) groups is 1. The maximum Gasteiger partial charge on any atom is 0.256 e. The van der Waals surface area contributed by atoms with E-state index in [0.29, 0.717) is 17.9 Å². The zero-order valence-electron chi connectivity index (χ0n) is 10.9. The van der Waals surface area contributed by atoms with Gasteiger partial charge in [-0.15, -0.1) is 0 Å². The lowest BCUT2D eigenvalue weighted by molar-refractivity contribution is 0.0951. The van der Waals surface area contributed by atoms with Crippen molar-refractivity contribution < 1.29 is 9.53 Å². The molecule has 2 aromatic rings. The first-order chi connectivity index (χ1) is 9.11. The number of methoxy groups -OCH3 is 1. The average Bonchev–Trinajstić information content (AvgIpc) is 2.77. The van der Waals surface area contributed by atoms with Crippen LogP contribution < -0.4 is 15.8 Å². The van der Waals surface area contributed by atoms with Crippen LogP contribution in [0.3, 0.4) is 0 Å². The molecule has 0 aliphatic rings. The molecular formula is C13H16N4O2. The van der Waals surface area contributed by atoms with Gasteiger partial charge in [0.15, 0.2) is 0 Å². The first-order valence-electron chi connectivity index (χ1n) is 5.80. The number of ether oxygens (including phenoxy) is 1. The number of rotatable bonds is 4. The van der Waals surface area contributed by atoms with Gasteiger partial charge in [0.1, 0.15) is 17.1 Å². The summed E-state index contributed by atoms with van der Waals surface area (Å²) in [5.74, 6) is 0.865. The predicted molar refractivity (Wildman–Crippen MR) is 71.8 cm³/mol. The fraction of sp³-hybridized carbons (Fsp3) is 0.231. The maximum absolute atomic E-state index is 11.9. The first-order valence-corrected chi connectivity index (χ1v) is 5.80. The van der Waals surface area contributed by atoms with E-state index in [1.165, 1.54) is 10.9 Å². The summed E-state index contributed by atoms with van der Waals surface area (Å²) in [6.45, 7) is 0.407. The molecule has 0 saturated carbocycles. The van der Waals surface area contributed by atoms with E-state index >= 15 is 0 Å². The molecule has 3 N–H and O–H groups in total. The van der Waals surface area contributed by atoms with E-state index in [-0.39, 0.29) is 5.91 Å². The van der Waals surface area contributed by atoms with Crippen molar-refractivity contribution in [2.75, 3.05) is 12.8 Å². The fourth-order valence-electron chi connectivity index (χ4n) is 1.68. The van der Waals surface area contributed by atoms with Crippen molar-refractivity contribution in [1.29, 1.82) is 0 Å². The van der Waals surface area contributed by atoms with E-state index in [1.54, 1.807) is 14.2 Å². The van der Waals surface area contributed by atoms with Gasteiger partial charge in [-0.2, -0.15) is 5.10 Å². The lowest BCUT2D eigenvalue weighted by Gasteiger charge is -2.06. The Bertz CT molecular complexity index is 592. The molecule has 0 unspecified atom stereocenters. The lowest BCUT2D eigenvalue weighted by Crippen LogP contribution is -2.23. The number of nitrogens with two attached hydrogens (primary N) is 1. The van der Waals surface area contributed by atoms with Gasteiger partial charge >= 0.3 is 0 Å². The monoisotopic (exact) mass is 260 g/mol. The molecule has 1 aromatic heterocycles. The third-order valence-corrected chi connectivity index (χ3v) is 2.82. The first kappa shape index (κ1) is 12.9. The number of benzene rings is 1. The maximum atomic E-state index is 11.9. The number of hydrogen-bond acceptors (Lipinski definition) is 4. The molecule has 0 radical (unpaired) electrons. The Hall–Kier alpha value is -2.50.